The number of aliphatic imine (C=N–C) groups is 1. The molecule has 1 atom stereocenters. The number of amides is 2. The van der Waals surface area contributed by atoms with Gasteiger partial charge in [-0.25, -0.2) is 0 Å². The molecule has 0 saturated carbocycles. The molecule has 43 heavy (non-hydrogen) atoms. The van der Waals surface area contributed by atoms with Crippen molar-refractivity contribution in [1.29, 1.82) is 0 Å². The normalized spacial score (nSPS) is 18.0. The van der Waals surface area contributed by atoms with Crippen LogP contribution in [0.2, 0.25) is 0 Å². The average molecular weight is 615 g/mol. The summed E-state index contributed by atoms with van der Waals surface area (Å²) in [5.74, 6) is -1.16. The molecule has 1 aliphatic heterocycles. The smallest absolute Gasteiger partial charge is 0.416 e. The standard InChI is InChI=1S/C29H32F6N4O4/c1-26(2,17-36-3)25(41)38-16-22-21(23-11-10-20(42-4)15-37-23)14-27(29(33,34)35,39-24(22)40)18-6-8-19(9-7-18)43-13-5-12-28(30,31)32/h6-11,15,17H,5,12-14,16H2,1-4H3,(H,38,41)(H,39,40)/b36-17+/t27-/m0/s1. The van der Waals surface area contributed by atoms with Gasteiger partial charge in [0.15, 0.2) is 5.54 Å². The van der Waals surface area contributed by atoms with E-state index < -0.39 is 48.0 Å². The molecule has 2 heterocycles. The summed E-state index contributed by atoms with van der Waals surface area (Å²) in [6.45, 7) is 2.52. The van der Waals surface area contributed by atoms with Crippen molar-refractivity contribution in [2.24, 2.45) is 10.4 Å². The first-order valence-electron chi connectivity index (χ1n) is 13.2. The summed E-state index contributed by atoms with van der Waals surface area (Å²) in [6, 6.07) is 7.51. The number of nitrogens with zero attached hydrogens (tertiary/aromatic N) is 2. The van der Waals surface area contributed by atoms with Crippen LogP contribution in [0.3, 0.4) is 0 Å². The molecule has 0 spiro atoms. The number of hydrogen-bond acceptors (Lipinski definition) is 6. The van der Waals surface area contributed by atoms with Gasteiger partial charge in [-0.2, -0.15) is 26.3 Å². The number of nitrogens with one attached hydrogen (secondary N) is 2. The van der Waals surface area contributed by atoms with Crippen molar-refractivity contribution >= 4 is 23.6 Å². The second-order valence-corrected chi connectivity index (χ2v) is 10.5. The van der Waals surface area contributed by atoms with Crippen molar-refractivity contribution in [2.45, 2.75) is 51.0 Å². The van der Waals surface area contributed by atoms with Crippen LogP contribution >= 0.6 is 0 Å². The van der Waals surface area contributed by atoms with Gasteiger partial charge in [-0.15, -0.1) is 0 Å². The lowest BCUT2D eigenvalue weighted by Gasteiger charge is -2.41. The number of aromatic nitrogens is 1. The summed E-state index contributed by atoms with van der Waals surface area (Å²) in [4.78, 5) is 34.3. The van der Waals surface area contributed by atoms with Crippen molar-refractivity contribution in [3.05, 3.63) is 59.4 Å². The van der Waals surface area contributed by atoms with Crippen molar-refractivity contribution in [1.82, 2.24) is 15.6 Å². The number of ether oxygens (including phenoxy) is 2. The Labute approximate surface area is 244 Å². The highest BCUT2D eigenvalue weighted by atomic mass is 19.4. The number of carbonyl (C=O) groups excluding carboxylic acids is 2. The van der Waals surface area contributed by atoms with Crippen LogP contribution in [-0.4, -0.2) is 62.7 Å². The van der Waals surface area contributed by atoms with Crippen molar-refractivity contribution in [3.8, 4) is 11.5 Å². The first-order chi connectivity index (χ1) is 20.0. The highest BCUT2D eigenvalue weighted by molar-refractivity contribution is 6.05. The summed E-state index contributed by atoms with van der Waals surface area (Å²) < 4.78 is 92.2. The number of hydrogen-bond donors (Lipinski definition) is 2. The van der Waals surface area contributed by atoms with Gasteiger partial charge >= 0.3 is 12.4 Å². The number of carbonyl (C=O) groups is 2. The van der Waals surface area contributed by atoms with E-state index in [0.717, 1.165) is 12.1 Å². The van der Waals surface area contributed by atoms with Crippen LogP contribution in [0.1, 0.15) is 44.4 Å². The largest absolute Gasteiger partial charge is 0.495 e. The fraction of sp³-hybridized carbons (Fsp3) is 0.448. The number of rotatable bonds is 11. The topological polar surface area (TPSA) is 102 Å². The Hall–Kier alpha value is -4.10. The molecular weight excluding hydrogens is 582 g/mol. The molecule has 0 bridgehead atoms. The van der Waals surface area contributed by atoms with E-state index in [2.05, 4.69) is 20.6 Å². The molecule has 3 rings (SSSR count). The molecule has 0 fully saturated rings. The zero-order valence-electron chi connectivity index (χ0n) is 23.9. The fourth-order valence-electron chi connectivity index (χ4n) is 4.52. The number of halogens is 6. The first kappa shape index (κ1) is 33.4. The van der Waals surface area contributed by atoms with Gasteiger partial charge in [0.1, 0.15) is 11.5 Å². The molecule has 2 amide bonds. The molecule has 2 N–H and O–H groups in total. The van der Waals surface area contributed by atoms with Crippen LogP contribution < -0.4 is 20.1 Å². The van der Waals surface area contributed by atoms with E-state index in [9.17, 15) is 35.9 Å². The average Bonchev–Trinajstić information content (AvgIpc) is 2.93. The minimum atomic E-state index is -5.00. The van der Waals surface area contributed by atoms with Gasteiger partial charge in [-0.05, 0) is 55.7 Å². The van der Waals surface area contributed by atoms with E-state index in [1.165, 1.54) is 50.8 Å². The van der Waals surface area contributed by atoms with Crippen LogP contribution in [0.25, 0.3) is 5.57 Å². The maximum atomic E-state index is 14.9. The third kappa shape index (κ3) is 8.05. The number of pyridine rings is 1. The van der Waals surface area contributed by atoms with Gasteiger partial charge < -0.3 is 20.1 Å². The molecule has 2 aromatic rings. The summed E-state index contributed by atoms with van der Waals surface area (Å²) >= 11 is 0. The van der Waals surface area contributed by atoms with E-state index in [1.54, 1.807) is 13.8 Å². The molecule has 0 saturated heterocycles. The minimum absolute atomic E-state index is 0.0431. The van der Waals surface area contributed by atoms with Crippen LogP contribution in [0.4, 0.5) is 26.3 Å². The molecule has 8 nitrogen and oxygen atoms in total. The Morgan fingerprint density at radius 3 is 2.28 bits per heavy atom. The maximum absolute atomic E-state index is 14.9. The summed E-state index contributed by atoms with van der Waals surface area (Å²) in [5, 5.41) is 4.72. The van der Waals surface area contributed by atoms with Crippen LogP contribution in [0, 0.1) is 5.41 Å². The third-order valence-corrected chi connectivity index (χ3v) is 6.86. The predicted molar refractivity (Wildman–Crippen MR) is 147 cm³/mol. The molecular formula is C29H32F6N4O4. The molecule has 234 valence electrons. The Kier molecular flexibility index (Phi) is 10.1. The van der Waals surface area contributed by atoms with Gasteiger partial charge in [0.2, 0.25) is 11.8 Å². The Bertz CT molecular complexity index is 1350. The van der Waals surface area contributed by atoms with Gasteiger partial charge in [0.25, 0.3) is 0 Å². The molecule has 14 heteroatoms. The van der Waals surface area contributed by atoms with Crippen LogP contribution in [0.5, 0.6) is 11.5 Å². The SMILES string of the molecule is C/N=C/C(C)(C)C(=O)NCC1=C(c2ccc(OC)cn2)C[C@](c2ccc(OCCCC(F)(F)F)cc2)(C(F)(F)F)NC1=O. The second-order valence-electron chi connectivity index (χ2n) is 10.5. The zero-order valence-corrected chi connectivity index (χ0v) is 23.9. The number of benzene rings is 1. The molecule has 0 unspecified atom stereocenters. The quantitative estimate of drug-likeness (QED) is 0.201. The van der Waals surface area contributed by atoms with E-state index in [-0.39, 0.29) is 47.7 Å². The molecule has 0 aliphatic carbocycles. The lowest BCUT2D eigenvalue weighted by molar-refractivity contribution is -0.201. The van der Waals surface area contributed by atoms with E-state index in [1.807, 2.05) is 0 Å². The third-order valence-electron chi connectivity index (χ3n) is 6.86. The van der Waals surface area contributed by atoms with E-state index in [4.69, 9.17) is 9.47 Å². The lowest BCUT2D eigenvalue weighted by atomic mass is 9.77. The fourth-order valence-corrected chi connectivity index (χ4v) is 4.52. The lowest BCUT2D eigenvalue weighted by Crippen LogP contribution is -2.59. The highest BCUT2D eigenvalue weighted by Gasteiger charge is 2.59. The second kappa shape index (κ2) is 13.0. The number of methoxy groups -OCH3 is 1. The van der Waals surface area contributed by atoms with Crippen molar-refractivity contribution in [3.63, 3.8) is 0 Å². The monoisotopic (exact) mass is 614 g/mol. The van der Waals surface area contributed by atoms with Gasteiger partial charge in [0, 0.05) is 38.2 Å². The summed E-state index contributed by atoms with van der Waals surface area (Å²) in [6.07, 6.45) is -8.79. The Morgan fingerprint density at radius 1 is 1.09 bits per heavy atom. The number of alkyl halides is 6. The van der Waals surface area contributed by atoms with E-state index in [0.29, 0.717) is 5.75 Å². The minimum Gasteiger partial charge on any atom is -0.495 e. The van der Waals surface area contributed by atoms with Crippen molar-refractivity contribution < 1.29 is 45.4 Å². The van der Waals surface area contributed by atoms with Crippen LogP contribution in [0.15, 0.2) is 53.2 Å². The zero-order chi connectivity index (χ0) is 32.1. The van der Waals surface area contributed by atoms with Gasteiger partial charge in [-0.1, -0.05) is 12.1 Å². The molecule has 1 aromatic heterocycles. The van der Waals surface area contributed by atoms with Crippen LogP contribution in [-0.2, 0) is 15.1 Å². The maximum Gasteiger partial charge on any atom is 0.416 e. The van der Waals surface area contributed by atoms with Gasteiger partial charge in [0.05, 0.1) is 31.0 Å². The molecule has 1 aromatic carbocycles. The molecule has 1 aliphatic rings. The van der Waals surface area contributed by atoms with Crippen molar-refractivity contribution in [2.75, 3.05) is 27.3 Å². The van der Waals surface area contributed by atoms with E-state index >= 15 is 0 Å². The first-order valence-corrected chi connectivity index (χ1v) is 13.2. The summed E-state index contributed by atoms with van der Waals surface area (Å²) in [5.41, 5.74) is -4.35. The van der Waals surface area contributed by atoms with Gasteiger partial charge in [-0.3, -0.25) is 19.6 Å². The highest BCUT2D eigenvalue weighted by Crippen LogP contribution is 2.48. The Balaban J connectivity index is 2.00. The molecule has 0 radical (unpaired) electrons. The predicted octanol–water partition coefficient (Wildman–Crippen LogP) is 5.39. The Morgan fingerprint density at radius 2 is 1.74 bits per heavy atom. The summed E-state index contributed by atoms with van der Waals surface area (Å²) in [7, 11) is 2.88.